The van der Waals surface area contributed by atoms with Crippen molar-refractivity contribution in [2.75, 3.05) is 5.32 Å². The van der Waals surface area contributed by atoms with Crippen LogP contribution in [0.15, 0.2) is 73.1 Å². The highest BCUT2D eigenvalue weighted by atomic mass is 16.3. The molecule has 0 spiro atoms. The highest BCUT2D eigenvalue weighted by Gasteiger charge is 2.30. The summed E-state index contributed by atoms with van der Waals surface area (Å²) in [6.45, 7) is 1.83. The monoisotopic (exact) mass is 403 g/mol. The number of nitrogens with one attached hydrogen (secondary N) is 1. The zero-order chi connectivity index (χ0) is 20.9. The Morgan fingerprint density at radius 3 is 2.60 bits per heavy atom. The molecule has 3 aromatic rings. The fourth-order valence-electron chi connectivity index (χ4n) is 4.44. The van der Waals surface area contributed by atoms with Gasteiger partial charge >= 0.3 is 0 Å². The molecule has 5 nitrogen and oxygen atoms in total. The molecule has 1 aliphatic carbocycles. The summed E-state index contributed by atoms with van der Waals surface area (Å²) in [5, 5.41) is 17.8. The third-order valence-electron chi connectivity index (χ3n) is 6.22. The number of benzene rings is 2. The van der Waals surface area contributed by atoms with Gasteiger partial charge in [0, 0.05) is 18.1 Å². The van der Waals surface area contributed by atoms with Crippen molar-refractivity contribution < 1.29 is 9.90 Å². The van der Waals surface area contributed by atoms with Gasteiger partial charge in [-0.3, -0.25) is 9.48 Å². The van der Waals surface area contributed by atoms with Crippen LogP contribution in [-0.2, 0) is 11.2 Å². The van der Waals surface area contributed by atoms with E-state index in [2.05, 4.69) is 22.5 Å². The maximum absolute atomic E-state index is 12.4. The van der Waals surface area contributed by atoms with E-state index < -0.39 is 0 Å². The standard InChI is InChI=1S/C25H29N3O2/c1-18(28-15-5-14-26-28)25(30)27-23-12-9-19(10-13-23)16-20-8-11-22(17-20)24(29)21-6-3-2-4-7-21/h2-7,9-10,12-15,18,20,22,24,29H,8,11,16-17H2,1H3,(H,27,30)/t18?,20-,22-,24+/m0/s1. The second kappa shape index (κ2) is 9.26. The molecule has 0 bridgehead atoms. The number of hydrogen-bond acceptors (Lipinski definition) is 3. The molecule has 1 amide bonds. The summed E-state index contributed by atoms with van der Waals surface area (Å²) in [5.74, 6) is 0.841. The Hall–Kier alpha value is -2.92. The minimum atomic E-state index is -0.370. The van der Waals surface area contributed by atoms with Crippen molar-refractivity contribution >= 4 is 11.6 Å². The Bertz CT molecular complexity index is 938. The van der Waals surface area contributed by atoms with Gasteiger partial charge in [-0.25, -0.2) is 0 Å². The lowest BCUT2D eigenvalue weighted by Crippen LogP contribution is -2.23. The molecule has 4 rings (SSSR count). The Kier molecular flexibility index (Phi) is 6.29. The molecule has 1 aliphatic rings. The summed E-state index contributed by atoms with van der Waals surface area (Å²) >= 11 is 0. The summed E-state index contributed by atoms with van der Waals surface area (Å²) < 4.78 is 1.64. The minimum absolute atomic E-state index is 0.0833. The topological polar surface area (TPSA) is 67.2 Å². The number of rotatable bonds is 7. The van der Waals surface area contributed by atoms with Crippen molar-refractivity contribution in [3.63, 3.8) is 0 Å². The van der Waals surface area contributed by atoms with Crippen molar-refractivity contribution in [3.8, 4) is 0 Å². The summed E-state index contributed by atoms with van der Waals surface area (Å²) in [6.07, 6.45) is 7.37. The van der Waals surface area contributed by atoms with Crippen molar-refractivity contribution in [2.24, 2.45) is 11.8 Å². The van der Waals surface area contributed by atoms with Crippen molar-refractivity contribution in [1.82, 2.24) is 9.78 Å². The molecule has 0 aliphatic heterocycles. The normalized spacial score (nSPS) is 20.6. The van der Waals surface area contributed by atoms with Gasteiger partial charge in [0.05, 0.1) is 6.10 Å². The van der Waals surface area contributed by atoms with Gasteiger partial charge < -0.3 is 10.4 Å². The number of aromatic nitrogens is 2. The summed E-state index contributed by atoms with van der Waals surface area (Å²) in [5.41, 5.74) is 3.09. The summed E-state index contributed by atoms with van der Waals surface area (Å²) in [4.78, 5) is 12.4. The minimum Gasteiger partial charge on any atom is -0.388 e. The van der Waals surface area contributed by atoms with Crippen LogP contribution in [0.4, 0.5) is 5.69 Å². The molecule has 5 heteroatoms. The molecule has 1 fully saturated rings. The van der Waals surface area contributed by atoms with Gasteiger partial charge in [-0.15, -0.1) is 0 Å². The van der Waals surface area contributed by atoms with Crippen LogP contribution in [-0.4, -0.2) is 20.8 Å². The van der Waals surface area contributed by atoms with Gasteiger partial charge in [0.1, 0.15) is 6.04 Å². The van der Waals surface area contributed by atoms with E-state index in [4.69, 9.17) is 0 Å². The van der Waals surface area contributed by atoms with Crippen LogP contribution in [0, 0.1) is 11.8 Å². The summed E-state index contributed by atoms with van der Waals surface area (Å²) in [6, 6.07) is 19.6. The van der Waals surface area contributed by atoms with E-state index in [1.165, 1.54) is 5.56 Å². The number of amides is 1. The molecule has 1 saturated carbocycles. The van der Waals surface area contributed by atoms with Crippen LogP contribution >= 0.6 is 0 Å². The largest absolute Gasteiger partial charge is 0.388 e. The summed E-state index contributed by atoms with van der Waals surface area (Å²) in [7, 11) is 0. The zero-order valence-electron chi connectivity index (χ0n) is 17.3. The molecule has 2 aromatic carbocycles. The lowest BCUT2D eigenvalue weighted by Gasteiger charge is -2.19. The van der Waals surface area contributed by atoms with E-state index in [9.17, 15) is 9.90 Å². The molecule has 156 valence electrons. The van der Waals surface area contributed by atoms with Crippen LogP contribution in [0.25, 0.3) is 0 Å². The number of anilines is 1. The van der Waals surface area contributed by atoms with Crippen LogP contribution < -0.4 is 5.32 Å². The van der Waals surface area contributed by atoms with Crippen LogP contribution in [0.3, 0.4) is 0 Å². The molecule has 4 atom stereocenters. The molecule has 1 aromatic heterocycles. The predicted molar refractivity (Wildman–Crippen MR) is 118 cm³/mol. The lowest BCUT2D eigenvalue weighted by molar-refractivity contribution is -0.119. The van der Waals surface area contributed by atoms with E-state index in [0.29, 0.717) is 11.8 Å². The van der Waals surface area contributed by atoms with Crippen molar-refractivity contribution in [3.05, 3.63) is 84.2 Å². The molecule has 0 radical (unpaired) electrons. The van der Waals surface area contributed by atoms with E-state index in [1.807, 2.05) is 55.5 Å². The smallest absolute Gasteiger partial charge is 0.248 e. The molecular formula is C25H29N3O2. The van der Waals surface area contributed by atoms with Gasteiger partial charge in [0.25, 0.3) is 0 Å². The van der Waals surface area contributed by atoms with Gasteiger partial charge in [0.15, 0.2) is 0 Å². The van der Waals surface area contributed by atoms with E-state index in [-0.39, 0.29) is 18.1 Å². The van der Waals surface area contributed by atoms with E-state index in [1.54, 1.807) is 17.1 Å². The number of carbonyl (C=O) groups is 1. The fourth-order valence-corrected chi connectivity index (χ4v) is 4.44. The first-order chi connectivity index (χ1) is 14.6. The Labute approximate surface area is 177 Å². The van der Waals surface area contributed by atoms with Gasteiger partial charge in [0.2, 0.25) is 5.91 Å². The molecule has 2 N–H and O–H groups in total. The Balaban J connectivity index is 1.29. The first-order valence-corrected chi connectivity index (χ1v) is 10.7. The average molecular weight is 404 g/mol. The average Bonchev–Trinajstić information content (AvgIpc) is 3.47. The second-order valence-electron chi connectivity index (χ2n) is 8.35. The highest BCUT2D eigenvalue weighted by molar-refractivity contribution is 5.93. The first kappa shape index (κ1) is 20.4. The maximum atomic E-state index is 12.4. The van der Waals surface area contributed by atoms with Crippen LogP contribution in [0.2, 0.25) is 0 Å². The molecule has 1 heterocycles. The lowest BCUT2D eigenvalue weighted by atomic mass is 9.91. The fraction of sp³-hybridized carbons (Fsp3) is 0.360. The van der Waals surface area contributed by atoms with Crippen LogP contribution in [0.1, 0.15) is 49.5 Å². The first-order valence-electron chi connectivity index (χ1n) is 10.7. The van der Waals surface area contributed by atoms with Gasteiger partial charge in [-0.1, -0.05) is 42.5 Å². The van der Waals surface area contributed by atoms with E-state index >= 15 is 0 Å². The number of aliphatic hydroxyl groups is 1. The third kappa shape index (κ3) is 4.79. The SMILES string of the molecule is CC(C(=O)Nc1ccc(C[C@@H]2CC[C@H]([C@H](O)c3ccccc3)C2)cc1)n1cccn1. The van der Waals surface area contributed by atoms with Crippen molar-refractivity contribution in [1.29, 1.82) is 0 Å². The van der Waals surface area contributed by atoms with Crippen LogP contribution in [0.5, 0.6) is 0 Å². The third-order valence-corrected chi connectivity index (χ3v) is 6.22. The quantitative estimate of drug-likeness (QED) is 0.597. The molecular weight excluding hydrogens is 374 g/mol. The highest BCUT2D eigenvalue weighted by Crippen LogP contribution is 2.40. The number of hydrogen-bond donors (Lipinski definition) is 2. The molecule has 1 unspecified atom stereocenters. The Morgan fingerprint density at radius 2 is 1.90 bits per heavy atom. The second-order valence-corrected chi connectivity index (χ2v) is 8.35. The Morgan fingerprint density at radius 1 is 1.13 bits per heavy atom. The zero-order valence-corrected chi connectivity index (χ0v) is 17.3. The van der Waals surface area contributed by atoms with Gasteiger partial charge in [-0.2, -0.15) is 5.10 Å². The van der Waals surface area contributed by atoms with Crippen molar-refractivity contribution in [2.45, 2.75) is 44.8 Å². The van der Waals surface area contributed by atoms with Gasteiger partial charge in [-0.05, 0) is 73.8 Å². The maximum Gasteiger partial charge on any atom is 0.248 e. The number of carbonyl (C=O) groups excluding carboxylic acids is 1. The number of aliphatic hydroxyl groups excluding tert-OH is 1. The number of nitrogens with zero attached hydrogens (tertiary/aromatic N) is 2. The molecule has 0 saturated heterocycles. The van der Waals surface area contributed by atoms with E-state index in [0.717, 1.165) is 36.9 Å². The molecule has 30 heavy (non-hydrogen) atoms. The predicted octanol–water partition coefficient (Wildman–Crippen LogP) is 4.78.